The molecule has 1 fully saturated rings. The lowest BCUT2D eigenvalue weighted by atomic mass is 9.92. The van der Waals surface area contributed by atoms with Crippen molar-refractivity contribution in [2.75, 3.05) is 26.2 Å². The zero-order valence-electron chi connectivity index (χ0n) is 21.8. The Morgan fingerprint density at radius 3 is 2.24 bits per heavy atom. The molecule has 0 aromatic heterocycles. The minimum atomic E-state index is -1.02. The Kier molecular flexibility index (Phi) is 7.52. The predicted molar refractivity (Wildman–Crippen MR) is 143 cm³/mol. The summed E-state index contributed by atoms with van der Waals surface area (Å²) in [5.74, 6) is -1.46. The van der Waals surface area contributed by atoms with E-state index in [0.717, 1.165) is 5.56 Å². The highest BCUT2D eigenvalue weighted by atomic mass is 16.5. The van der Waals surface area contributed by atoms with Crippen LogP contribution >= 0.6 is 0 Å². The Labute approximate surface area is 221 Å². The molecule has 1 unspecified atom stereocenters. The summed E-state index contributed by atoms with van der Waals surface area (Å²) in [5, 5.41) is 11.5. The summed E-state index contributed by atoms with van der Waals surface area (Å²) in [6.45, 7) is 3.98. The summed E-state index contributed by atoms with van der Waals surface area (Å²) in [4.78, 5) is 40.5. The average molecular weight is 516 g/mol. The van der Waals surface area contributed by atoms with Gasteiger partial charge in [0.2, 0.25) is 0 Å². The van der Waals surface area contributed by atoms with E-state index >= 15 is 0 Å². The number of ether oxygens (including phenoxy) is 3. The van der Waals surface area contributed by atoms with Gasteiger partial charge in [-0.2, -0.15) is 0 Å². The van der Waals surface area contributed by atoms with E-state index < -0.39 is 23.7 Å². The number of benzene rings is 3. The number of aliphatic hydroxyl groups is 1. The second-order valence-electron chi connectivity index (χ2n) is 9.06. The van der Waals surface area contributed by atoms with Gasteiger partial charge in [-0.05, 0) is 53.9 Å². The first-order valence-corrected chi connectivity index (χ1v) is 12.0. The molecule has 1 heterocycles. The van der Waals surface area contributed by atoms with Crippen LogP contribution in [0.2, 0.25) is 0 Å². The van der Waals surface area contributed by atoms with Gasteiger partial charge in [-0.1, -0.05) is 38.1 Å². The fourth-order valence-corrected chi connectivity index (χ4v) is 4.67. The molecular weight excluding hydrogens is 486 g/mol. The number of ketones is 1. The lowest BCUT2D eigenvalue weighted by molar-refractivity contribution is -0.132. The van der Waals surface area contributed by atoms with E-state index in [1.807, 2.05) is 13.8 Å². The molecule has 0 saturated carbocycles. The lowest BCUT2D eigenvalue weighted by Crippen LogP contribution is -2.29. The van der Waals surface area contributed by atoms with E-state index in [9.17, 15) is 19.5 Å². The molecule has 196 valence electrons. The number of methoxy groups -OCH3 is 3. The maximum absolute atomic E-state index is 13.5. The molecule has 0 spiro atoms. The molecule has 1 atom stereocenters. The maximum Gasteiger partial charge on any atom is 0.337 e. The molecule has 38 heavy (non-hydrogen) atoms. The molecule has 4 rings (SSSR count). The van der Waals surface area contributed by atoms with Crippen molar-refractivity contribution in [1.29, 1.82) is 0 Å². The molecule has 1 N–H and O–H groups in total. The first-order valence-electron chi connectivity index (χ1n) is 12.0. The molecule has 1 saturated heterocycles. The topological polar surface area (TPSA) is 102 Å². The van der Waals surface area contributed by atoms with Gasteiger partial charge in [0.15, 0.2) is 0 Å². The van der Waals surface area contributed by atoms with Crippen LogP contribution in [0.5, 0.6) is 11.5 Å². The predicted octanol–water partition coefficient (Wildman–Crippen LogP) is 5.24. The second kappa shape index (κ2) is 10.8. The van der Waals surface area contributed by atoms with Crippen LogP contribution in [0, 0.1) is 0 Å². The van der Waals surface area contributed by atoms with E-state index in [2.05, 4.69) is 0 Å². The number of nitrogens with zero attached hydrogens (tertiary/aromatic N) is 1. The minimum Gasteiger partial charge on any atom is -0.507 e. The van der Waals surface area contributed by atoms with Crippen molar-refractivity contribution in [2.45, 2.75) is 25.8 Å². The quantitative estimate of drug-likeness (QED) is 0.199. The number of esters is 1. The molecule has 3 aromatic rings. The van der Waals surface area contributed by atoms with Crippen LogP contribution in [0.25, 0.3) is 5.76 Å². The third-order valence-electron chi connectivity index (χ3n) is 6.55. The van der Waals surface area contributed by atoms with Crippen LogP contribution in [-0.2, 0) is 14.3 Å². The first-order chi connectivity index (χ1) is 18.2. The molecule has 1 amide bonds. The van der Waals surface area contributed by atoms with Crippen LogP contribution in [0.3, 0.4) is 0 Å². The summed E-state index contributed by atoms with van der Waals surface area (Å²) in [5.41, 5.74) is 2.12. The molecule has 1 aliphatic heterocycles. The van der Waals surface area contributed by atoms with Crippen molar-refractivity contribution >= 4 is 29.1 Å². The molecule has 1 aliphatic rings. The highest BCUT2D eigenvalue weighted by Gasteiger charge is 2.48. The van der Waals surface area contributed by atoms with E-state index in [4.69, 9.17) is 14.2 Å². The van der Waals surface area contributed by atoms with Crippen molar-refractivity contribution in [3.05, 3.63) is 94.6 Å². The van der Waals surface area contributed by atoms with Crippen LogP contribution in [0.4, 0.5) is 5.69 Å². The first kappa shape index (κ1) is 26.5. The number of carbonyl (C=O) groups is 3. The van der Waals surface area contributed by atoms with E-state index in [0.29, 0.717) is 28.3 Å². The van der Waals surface area contributed by atoms with Crippen molar-refractivity contribution in [1.82, 2.24) is 0 Å². The summed E-state index contributed by atoms with van der Waals surface area (Å²) >= 11 is 0. The van der Waals surface area contributed by atoms with Gasteiger partial charge < -0.3 is 19.3 Å². The minimum absolute atomic E-state index is 0.0752. The van der Waals surface area contributed by atoms with Crippen LogP contribution in [0.15, 0.2) is 72.3 Å². The van der Waals surface area contributed by atoms with Crippen molar-refractivity contribution in [3.63, 3.8) is 0 Å². The third-order valence-corrected chi connectivity index (χ3v) is 6.55. The molecular formula is C30H29NO7. The second-order valence-corrected chi connectivity index (χ2v) is 9.06. The summed E-state index contributed by atoms with van der Waals surface area (Å²) < 4.78 is 15.8. The molecule has 0 bridgehead atoms. The summed E-state index contributed by atoms with van der Waals surface area (Å²) in [7, 11) is 4.31. The Morgan fingerprint density at radius 1 is 0.868 bits per heavy atom. The van der Waals surface area contributed by atoms with Crippen molar-refractivity contribution in [3.8, 4) is 11.5 Å². The smallest absolute Gasteiger partial charge is 0.337 e. The highest BCUT2D eigenvalue weighted by molar-refractivity contribution is 6.51. The van der Waals surface area contributed by atoms with Crippen LogP contribution in [-0.4, -0.2) is 44.1 Å². The molecule has 0 aliphatic carbocycles. The number of hydrogen-bond donors (Lipinski definition) is 1. The van der Waals surface area contributed by atoms with Gasteiger partial charge in [-0.15, -0.1) is 0 Å². The van der Waals surface area contributed by atoms with Gasteiger partial charge in [0.05, 0.1) is 38.5 Å². The average Bonchev–Trinajstić information content (AvgIpc) is 3.21. The Balaban J connectivity index is 1.98. The molecule has 8 heteroatoms. The Bertz CT molecular complexity index is 1440. The van der Waals surface area contributed by atoms with E-state index in [1.54, 1.807) is 67.8 Å². The number of Topliss-reactive ketones (excluding diaryl/α,β-unsaturated/α-hetero) is 1. The monoisotopic (exact) mass is 515 g/mol. The summed E-state index contributed by atoms with van der Waals surface area (Å²) in [6.07, 6.45) is 0. The number of aliphatic hydroxyl groups excluding tert-OH is 1. The van der Waals surface area contributed by atoms with E-state index in [-0.39, 0.29) is 22.8 Å². The van der Waals surface area contributed by atoms with Crippen molar-refractivity contribution < 1.29 is 33.7 Å². The largest absolute Gasteiger partial charge is 0.507 e. The molecule has 0 radical (unpaired) electrons. The van der Waals surface area contributed by atoms with Gasteiger partial charge in [-0.25, -0.2) is 4.79 Å². The molecule has 3 aromatic carbocycles. The zero-order valence-corrected chi connectivity index (χ0v) is 21.8. The number of carbonyl (C=O) groups excluding carboxylic acids is 3. The SMILES string of the molecule is COC(=O)c1cccc(N2C(=O)C(=O)/C(=C(/O)c3ccc(OC)c(C(C)C)c3)C2c2ccccc2OC)c1. The fraction of sp³-hybridized carbons (Fsp3) is 0.233. The summed E-state index contributed by atoms with van der Waals surface area (Å²) in [6, 6.07) is 17.3. The van der Waals surface area contributed by atoms with Crippen molar-refractivity contribution in [2.24, 2.45) is 0 Å². The van der Waals surface area contributed by atoms with Gasteiger partial charge >= 0.3 is 5.97 Å². The van der Waals surface area contributed by atoms with Gasteiger partial charge in [0, 0.05) is 16.8 Å². The maximum atomic E-state index is 13.5. The number of hydrogen-bond acceptors (Lipinski definition) is 7. The fourth-order valence-electron chi connectivity index (χ4n) is 4.67. The lowest BCUT2D eigenvalue weighted by Gasteiger charge is -2.27. The van der Waals surface area contributed by atoms with E-state index in [1.165, 1.54) is 25.2 Å². The Hall–Kier alpha value is -4.59. The Morgan fingerprint density at radius 2 is 1.58 bits per heavy atom. The van der Waals surface area contributed by atoms with Gasteiger partial charge in [0.25, 0.3) is 11.7 Å². The standard InChI is InChI=1S/C30H29NO7/c1-17(2)22-16-18(13-14-24(22)37-4)27(32)25-26(21-11-6-7-12-23(21)36-3)31(29(34)28(25)33)20-10-8-9-19(15-20)30(35)38-5/h6-17,26,32H,1-5H3/b27-25+. The van der Waals surface area contributed by atoms with Gasteiger partial charge in [-0.3, -0.25) is 14.5 Å². The van der Waals surface area contributed by atoms with Crippen LogP contribution < -0.4 is 14.4 Å². The number of rotatable bonds is 7. The number of amides is 1. The van der Waals surface area contributed by atoms with Crippen LogP contribution in [0.1, 0.15) is 52.9 Å². The third kappa shape index (κ3) is 4.61. The highest BCUT2D eigenvalue weighted by Crippen LogP contribution is 2.45. The number of para-hydroxylation sites is 1. The molecule has 8 nitrogen and oxygen atoms in total. The van der Waals surface area contributed by atoms with Gasteiger partial charge in [0.1, 0.15) is 17.3 Å². The normalized spacial score (nSPS) is 16.6. The number of anilines is 1. The zero-order chi connectivity index (χ0) is 27.6.